The molecule has 2 heterocycles. The van der Waals surface area contributed by atoms with Crippen molar-refractivity contribution in [2.75, 3.05) is 20.6 Å². The van der Waals surface area contributed by atoms with Gasteiger partial charge in [0.05, 0.1) is 18.6 Å². The third-order valence-electron chi connectivity index (χ3n) is 4.56. The third-order valence-corrected chi connectivity index (χ3v) is 4.56. The third kappa shape index (κ3) is 2.97. The van der Waals surface area contributed by atoms with Crippen LogP contribution in [0.25, 0.3) is 0 Å². The largest absolute Gasteiger partial charge is 0.335 e. The Hall–Kier alpha value is -2.47. The van der Waals surface area contributed by atoms with Gasteiger partial charge in [-0.25, -0.2) is 4.98 Å². The van der Waals surface area contributed by atoms with E-state index in [2.05, 4.69) is 9.97 Å². The summed E-state index contributed by atoms with van der Waals surface area (Å²) in [5, 5.41) is 0. The summed E-state index contributed by atoms with van der Waals surface area (Å²) >= 11 is 0. The Balaban J connectivity index is 1.90. The second-order valence-corrected chi connectivity index (χ2v) is 6.39. The van der Waals surface area contributed by atoms with Gasteiger partial charge >= 0.3 is 0 Å². The highest BCUT2D eigenvalue weighted by molar-refractivity contribution is 5.84. The number of amides is 1. The Morgan fingerprint density at radius 1 is 1.33 bits per heavy atom. The maximum Gasteiger partial charge on any atom is 0.254 e. The van der Waals surface area contributed by atoms with Crippen molar-refractivity contribution in [1.82, 2.24) is 19.8 Å². The number of hydrogen-bond acceptors (Lipinski definition) is 4. The van der Waals surface area contributed by atoms with Crippen molar-refractivity contribution < 1.29 is 4.79 Å². The first-order valence-electron chi connectivity index (χ1n) is 8.05. The summed E-state index contributed by atoms with van der Waals surface area (Å²) in [4.78, 5) is 35.6. The summed E-state index contributed by atoms with van der Waals surface area (Å²) in [6, 6.07) is 7.61. The fourth-order valence-corrected chi connectivity index (χ4v) is 3.25. The van der Waals surface area contributed by atoms with Crippen molar-refractivity contribution in [2.24, 2.45) is 0 Å². The minimum absolute atomic E-state index is 0.0435. The van der Waals surface area contributed by atoms with Gasteiger partial charge in [-0.1, -0.05) is 24.3 Å². The summed E-state index contributed by atoms with van der Waals surface area (Å²) in [6.07, 6.45) is 1.94. The van der Waals surface area contributed by atoms with E-state index in [9.17, 15) is 9.59 Å². The van der Waals surface area contributed by atoms with Crippen LogP contribution in [0.5, 0.6) is 0 Å². The van der Waals surface area contributed by atoms with Crippen LogP contribution >= 0.6 is 0 Å². The minimum Gasteiger partial charge on any atom is -0.335 e. The van der Waals surface area contributed by atoms with Crippen molar-refractivity contribution in [3.8, 4) is 0 Å². The van der Waals surface area contributed by atoms with Gasteiger partial charge < -0.3 is 9.88 Å². The van der Waals surface area contributed by atoms with Crippen molar-refractivity contribution >= 4 is 5.91 Å². The number of carbonyl (C=O) groups is 1. The van der Waals surface area contributed by atoms with Crippen LogP contribution < -0.4 is 5.56 Å². The molecule has 0 spiro atoms. The van der Waals surface area contributed by atoms with Crippen LogP contribution in [0.15, 0.2) is 35.4 Å². The van der Waals surface area contributed by atoms with Crippen molar-refractivity contribution in [3.63, 3.8) is 0 Å². The molecular weight excluding hydrogens is 304 g/mol. The van der Waals surface area contributed by atoms with Crippen LogP contribution in [-0.4, -0.2) is 46.3 Å². The van der Waals surface area contributed by atoms with Crippen LogP contribution in [0.1, 0.15) is 28.4 Å². The highest BCUT2D eigenvalue weighted by Crippen LogP contribution is 2.26. The number of H-pyrrole nitrogens is 1. The van der Waals surface area contributed by atoms with Gasteiger partial charge in [-0.15, -0.1) is 0 Å². The Morgan fingerprint density at radius 3 is 2.79 bits per heavy atom. The first-order chi connectivity index (χ1) is 11.5. The van der Waals surface area contributed by atoms with Crippen LogP contribution in [0.2, 0.25) is 0 Å². The lowest BCUT2D eigenvalue weighted by atomic mass is 9.98. The van der Waals surface area contributed by atoms with E-state index in [-0.39, 0.29) is 17.5 Å². The Labute approximate surface area is 141 Å². The van der Waals surface area contributed by atoms with Gasteiger partial charge in [0.1, 0.15) is 6.04 Å². The molecule has 0 bridgehead atoms. The maximum atomic E-state index is 13.2. The molecule has 0 radical (unpaired) electrons. The van der Waals surface area contributed by atoms with Crippen molar-refractivity contribution in [3.05, 3.63) is 63.3 Å². The zero-order valence-electron chi connectivity index (χ0n) is 14.2. The zero-order chi connectivity index (χ0) is 17.3. The number of aromatic amines is 1. The molecule has 1 aromatic heterocycles. The van der Waals surface area contributed by atoms with Gasteiger partial charge in [0.15, 0.2) is 0 Å². The fraction of sp³-hybridized carbons (Fsp3) is 0.389. The van der Waals surface area contributed by atoms with Gasteiger partial charge in [0.2, 0.25) is 5.91 Å². The number of carbonyl (C=O) groups excluding carboxylic acids is 1. The molecule has 6 heteroatoms. The number of likely N-dealkylation sites (N-methyl/N-ethyl adjacent to an activating group) is 1. The number of nitrogens with one attached hydrogen (secondary N) is 1. The number of hydrogen-bond donors (Lipinski definition) is 1. The summed E-state index contributed by atoms with van der Waals surface area (Å²) in [7, 11) is 3.83. The normalized spacial score (nSPS) is 15.2. The molecule has 126 valence electrons. The molecule has 1 atom stereocenters. The van der Waals surface area contributed by atoms with E-state index in [1.54, 1.807) is 4.90 Å². The Bertz CT molecular complexity index is 813. The van der Waals surface area contributed by atoms with Crippen LogP contribution in [0, 0.1) is 6.92 Å². The van der Waals surface area contributed by atoms with Crippen LogP contribution in [0.4, 0.5) is 0 Å². The quantitative estimate of drug-likeness (QED) is 0.922. The lowest BCUT2D eigenvalue weighted by Gasteiger charge is -2.34. The topological polar surface area (TPSA) is 69.3 Å². The molecule has 1 unspecified atom stereocenters. The molecule has 1 aliphatic heterocycles. The van der Waals surface area contributed by atoms with Gasteiger partial charge in [-0.05, 0) is 38.6 Å². The predicted octanol–water partition coefficient (Wildman–Crippen LogP) is 1.27. The summed E-state index contributed by atoms with van der Waals surface area (Å²) in [5.41, 5.74) is 3.39. The van der Waals surface area contributed by atoms with Crippen molar-refractivity contribution in [2.45, 2.75) is 25.9 Å². The number of nitrogens with zero attached hydrogens (tertiary/aromatic N) is 3. The Kier molecular flexibility index (Phi) is 4.49. The standard InChI is InChI=1S/C18H22N4O2/c1-12-6-4-5-7-13(12)16(21(2)3)18(24)22-9-8-14-15(10-22)19-11-20-17(14)23/h4-7,11,16H,8-10H2,1-3H3,(H,19,20,23). The molecule has 0 aliphatic carbocycles. The molecule has 0 saturated carbocycles. The van der Waals surface area contributed by atoms with E-state index in [0.717, 1.165) is 11.1 Å². The number of benzene rings is 1. The lowest BCUT2D eigenvalue weighted by molar-refractivity contribution is -0.137. The van der Waals surface area contributed by atoms with E-state index >= 15 is 0 Å². The Morgan fingerprint density at radius 2 is 2.08 bits per heavy atom. The molecule has 0 saturated heterocycles. The molecule has 1 aromatic carbocycles. The summed E-state index contributed by atoms with van der Waals surface area (Å²) in [5.74, 6) is 0.0435. The van der Waals surface area contributed by atoms with Crippen LogP contribution in [-0.2, 0) is 17.8 Å². The van der Waals surface area contributed by atoms with E-state index < -0.39 is 0 Å². The second-order valence-electron chi connectivity index (χ2n) is 6.39. The average molecular weight is 326 g/mol. The number of aromatic nitrogens is 2. The molecule has 1 N–H and O–H groups in total. The number of aryl methyl sites for hydroxylation is 1. The van der Waals surface area contributed by atoms with Gasteiger partial charge in [0, 0.05) is 12.1 Å². The first kappa shape index (κ1) is 16.4. The highest BCUT2D eigenvalue weighted by Gasteiger charge is 2.31. The molecule has 1 amide bonds. The monoisotopic (exact) mass is 326 g/mol. The highest BCUT2D eigenvalue weighted by atomic mass is 16.2. The zero-order valence-corrected chi connectivity index (χ0v) is 14.2. The second kappa shape index (κ2) is 6.57. The SMILES string of the molecule is Cc1ccccc1C(C(=O)N1CCc2c(nc[nH]c2=O)C1)N(C)C. The van der Waals surface area contributed by atoms with E-state index in [0.29, 0.717) is 30.8 Å². The van der Waals surface area contributed by atoms with E-state index in [1.165, 1.54) is 6.33 Å². The molecule has 1 aliphatic rings. The maximum absolute atomic E-state index is 13.2. The average Bonchev–Trinajstić information content (AvgIpc) is 2.56. The number of fused-ring (bicyclic) bond motifs is 1. The van der Waals surface area contributed by atoms with E-state index in [1.807, 2.05) is 50.2 Å². The lowest BCUT2D eigenvalue weighted by Crippen LogP contribution is -2.44. The van der Waals surface area contributed by atoms with Crippen LogP contribution in [0.3, 0.4) is 0 Å². The van der Waals surface area contributed by atoms with Crippen molar-refractivity contribution in [1.29, 1.82) is 0 Å². The van der Waals surface area contributed by atoms with Gasteiger partial charge in [-0.3, -0.25) is 14.5 Å². The molecule has 3 rings (SSSR count). The molecule has 0 fully saturated rings. The fourth-order valence-electron chi connectivity index (χ4n) is 3.25. The summed E-state index contributed by atoms with van der Waals surface area (Å²) in [6.45, 7) is 2.94. The molecule has 6 nitrogen and oxygen atoms in total. The first-order valence-corrected chi connectivity index (χ1v) is 8.05. The molecule has 2 aromatic rings. The summed E-state index contributed by atoms with van der Waals surface area (Å²) < 4.78 is 0. The minimum atomic E-state index is -0.338. The number of rotatable bonds is 3. The predicted molar refractivity (Wildman–Crippen MR) is 91.6 cm³/mol. The van der Waals surface area contributed by atoms with E-state index in [4.69, 9.17) is 0 Å². The molecule has 24 heavy (non-hydrogen) atoms. The smallest absolute Gasteiger partial charge is 0.254 e. The van der Waals surface area contributed by atoms with Gasteiger partial charge in [0.25, 0.3) is 5.56 Å². The van der Waals surface area contributed by atoms with Gasteiger partial charge in [-0.2, -0.15) is 0 Å². The molecular formula is C18H22N4O2.